The number of piperidine rings is 1. The van der Waals surface area contributed by atoms with Crippen molar-refractivity contribution in [3.05, 3.63) is 35.0 Å². The number of anilines is 1. The Labute approximate surface area is 189 Å². The molecule has 0 radical (unpaired) electrons. The summed E-state index contributed by atoms with van der Waals surface area (Å²) < 4.78 is 0. The van der Waals surface area contributed by atoms with E-state index < -0.39 is 5.97 Å². The highest BCUT2D eigenvalue weighted by Crippen LogP contribution is 2.40. The fourth-order valence-electron chi connectivity index (χ4n) is 5.98. The second kappa shape index (κ2) is 8.59. The molecular formula is C25H32ClN3O2. The summed E-state index contributed by atoms with van der Waals surface area (Å²) in [6.45, 7) is 3.20. The molecular weight excluding hydrogens is 410 g/mol. The summed E-state index contributed by atoms with van der Waals surface area (Å²) >= 11 is 6.74. The summed E-state index contributed by atoms with van der Waals surface area (Å²) in [4.78, 5) is 18.6. The Morgan fingerprint density at radius 2 is 1.87 bits per heavy atom. The lowest BCUT2D eigenvalue weighted by Gasteiger charge is -2.37. The molecule has 3 fully saturated rings. The minimum Gasteiger partial charge on any atom is -0.481 e. The fraction of sp³-hybridized carbons (Fsp3) is 0.600. The second-order valence-electron chi connectivity index (χ2n) is 10.0. The number of hydrogen-bond acceptors (Lipinski definition) is 4. The average Bonchev–Trinajstić information content (AvgIpc) is 2.98. The van der Waals surface area contributed by atoms with Crippen LogP contribution in [0.25, 0.3) is 10.8 Å². The molecule has 5 nitrogen and oxygen atoms in total. The van der Waals surface area contributed by atoms with Crippen LogP contribution >= 0.6 is 11.6 Å². The lowest BCUT2D eigenvalue weighted by atomic mass is 9.87. The predicted octanol–water partition coefficient (Wildman–Crippen LogP) is 5.71. The van der Waals surface area contributed by atoms with Crippen LogP contribution in [0, 0.1) is 11.8 Å². The highest BCUT2D eigenvalue weighted by atomic mass is 35.5. The summed E-state index contributed by atoms with van der Waals surface area (Å²) in [7, 11) is 0. The molecule has 0 spiro atoms. The molecule has 2 saturated heterocycles. The summed E-state index contributed by atoms with van der Waals surface area (Å²) in [6, 6.07) is 7.73. The third-order valence-corrected chi connectivity index (χ3v) is 8.23. The number of fused-ring (bicyclic) bond motifs is 3. The Balaban J connectivity index is 1.30. The van der Waals surface area contributed by atoms with Gasteiger partial charge in [-0.25, -0.2) is 4.98 Å². The van der Waals surface area contributed by atoms with Gasteiger partial charge in [0, 0.05) is 41.6 Å². The van der Waals surface area contributed by atoms with E-state index in [-0.39, 0.29) is 5.92 Å². The SMILES string of the molecule is C[C@H]1CC[C@@H](Nc2ncc3cc(CN4C5CCC4CC(C(=O)O)C5)ccc3c2Cl)CC1. The van der Waals surface area contributed by atoms with E-state index >= 15 is 0 Å². The molecule has 1 aromatic carbocycles. The Morgan fingerprint density at radius 3 is 2.55 bits per heavy atom. The molecule has 3 heterocycles. The normalized spacial score (nSPS) is 31.1. The number of carbonyl (C=O) groups is 1. The number of pyridine rings is 1. The van der Waals surface area contributed by atoms with Gasteiger partial charge in [0.15, 0.2) is 0 Å². The molecule has 2 aliphatic heterocycles. The molecule has 166 valence electrons. The number of nitrogens with one attached hydrogen (secondary N) is 1. The summed E-state index contributed by atoms with van der Waals surface area (Å²) in [5.41, 5.74) is 1.25. The highest BCUT2D eigenvalue weighted by Gasteiger charge is 2.42. The van der Waals surface area contributed by atoms with Crippen molar-refractivity contribution >= 4 is 34.2 Å². The third-order valence-electron chi connectivity index (χ3n) is 7.85. The Morgan fingerprint density at radius 1 is 1.16 bits per heavy atom. The summed E-state index contributed by atoms with van der Waals surface area (Å²) in [5.74, 6) is 0.818. The smallest absolute Gasteiger partial charge is 0.306 e. The van der Waals surface area contributed by atoms with Gasteiger partial charge in [-0.2, -0.15) is 0 Å². The maximum Gasteiger partial charge on any atom is 0.306 e. The molecule has 5 rings (SSSR count). The van der Waals surface area contributed by atoms with Crippen molar-refractivity contribution in [1.29, 1.82) is 0 Å². The molecule has 2 bridgehead atoms. The number of carboxylic acids is 1. The largest absolute Gasteiger partial charge is 0.481 e. The maximum atomic E-state index is 11.4. The van der Waals surface area contributed by atoms with Crippen molar-refractivity contribution in [2.75, 3.05) is 5.32 Å². The Bertz CT molecular complexity index is 959. The quantitative estimate of drug-likeness (QED) is 0.622. The van der Waals surface area contributed by atoms with Crippen molar-refractivity contribution < 1.29 is 9.90 Å². The van der Waals surface area contributed by atoms with Crippen LogP contribution in [-0.4, -0.2) is 39.1 Å². The zero-order valence-electron chi connectivity index (χ0n) is 18.2. The number of carboxylic acid groups (broad SMARTS) is 1. The fourth-order valence-corrected chi connectivity index (χ4v) is 6.25. The molecule has 1 aliphatic carbocycles. The lowest BCUT2D eigenvalue weighted by Crippen LogP contribution is -2.44. The summed E-state index contributed by atoms with van der Waals surface area (Å²) in [5, 5.41) is 15.8. The zero-order valence-corrected chi connectivity index (χ0v) is 18.9. The van der Waals surface area contributed by atoms with Gasteiger partial charge < -0.3 is 10.4 Å². The molecule has 2 atom stereocenters. The van der Waals surface area contributed by atoms with Gasteiger partial charge in [0.2, 0.25) is 0 Å². The number of aromatic nitrogens is 1. The van der Waals surface area contributed by atoms with E-state index in [1.807, 2.05) is 6.20 Å². The molecule has 6 heteroatoms. The Kier molecular flexibility index (Phi) is 5.82. The molecule has 31 heavy (non-hydrogen) atoms. The molecule has 1 saturated carbocycles. The third kappa shape index (κ3) is 4.27. The van der Waals surface area contributed by atoms with Gasteiger partial charge in [0.25, 0.3) is 0 Å². The van der Waals surface area contributed by atoms with Gasteiger partial charge in [-0.05, 0) is 68.9 Å². The van der Waals surface area contributed by atoms with Crippen LogP contribution in [0.3, 0.4) is 0 Å². The molecule has 3 aliphatic rings. The van der Waals surface area contributed by atoms with Gasteiger partial charge in [0.05, 0.1) is 10.9 Å². The topological polar surface area (TPSA) is 65.5 Å². The van der Waals surface area contributed by atoms with Gasteiger partial charge in [-0.3, -0.25) is 9.69 Å². The molecule has 2 aromatic rings. The van der Waals surface area contributed by atoms with E-state index in [0.29, 0.717) is 23.1 Å². The minimum absolute atomic E-state index is 0.174. The van der Waals surface area contributed by atoms with Gasteiger partial charge >= 0.3 is 5.97 Å². The van der Waals surface area contributed by atoms with E-state index in [1.54, 1.807) is 0 Å². The average molecular weight is 442 g/mol. The van der Waals surface area contributed by atoms with Gasteiger partial charge in [-0.15, -0.1) is 0 Å². The molecule has 0 amide bonds. The number of benzene rings is 1. The van der Waals surface area contributed by atoms with E-state index in [4.69, 9.17) is 11.6 Å². The van der Waals surface area contributed by atoms with Crippen molar-refractivity contribution in [2.24, 2.45) is 11.8 Å². The van der Waals surface area contributed by atoms with E-state index in [0.717, 1.165) is 54.7 Å². The first-order valence-electron chi connectivity index (χ1n) is 11.8. The van der Waals surface area contributed by atoms with Crippen LogP contribution < -0.4 is 5.32 Å². The van der Waals surface area contributed by atoms with E-state index in [2.05, 4.69) is 40.3 Å². The lowest BCUT2D eigenvalue weighted by molar-refractivity contribution is -0.144. The summed E-state index contributed by atoms with van der Waals surface area (Å²) in [6.07, 6.45) is 10.6. The van der Waals surface area contributed by atoms with Crippen molar-refractivity contribution in [1.82, 2.24) is 9.88 Å². The predicted molar refractivity (Wildman–Crippen MR) is 125 cm³/mol. The number of hydrogen-bond donors (Lipinski definition) is 2. The van der Waals surface area contributed by atoms with E-state index in [9.17, 15) is 9.90 Å². The van der Waals surface area contributed by atoms with Crippen LogP contribution in [0.15, 0.2) is 24.4 Å². The van der Waals surface area contributed by atoms with Crippen molar-refractivity contribution in [3.63, 3.8) is 0 Å². The van der Waals surface area contributed by atoms with Crippen molar-refractivity contribution in [2.45, 2.75) is 83.0 Å². The number of aliphatic carboxylic acids is 1. The minimum atomic E-state index is -0.630. The van der Waals surface area contributed by atoms with Gasteiger partial charge in [0.1, 0.15) is 5.82 Å². The first kappa shape index (κ1) is 21.0. The molecule has 2 N–H and O–H groups in total. The van der Waals surface area contributed by atoms with E-state index in [1.165, 1.54) is 31.2 Å². The van der Waals surface area contributed by atoms with Crippen LogP contribution in [0.5, 0.6) is 0 Å². The monoisotopic (exact) mass is 441 g/mol. The Hall–Kier alpha value is -1.85. The number of nitrogens with zero attached hydrogens (tertiary/aromatic N) is 2. The van der Waals surface area contributed by atoms with Crippen LogP contribution in [-0.2, 0) is 11.3 Å². The molecule has 1 aromatic heterocycles. The number of rotatable bonds is 5. The van der Waals surface area contributed by atoms with Crippen LogP contribution in [0.2, 0.25) is 5.02 Å². The second-order valence-corrected chi connectivity index (χ2v) is 10.4. The van der Waals surface area contributed by atoms with Crippen molar-refractivity contribution in [3.8, 4) is 0 Å². The highest BCUT2D eigenvalue weighted by molar-refractivity contribution is 6.37. The number of halogens is 1. The maximum absolute atomic E-state index is 11.4. The first-order valence-corrected chi connectivity index (χ1v) is 12.2. The standard InChI is InChI=1S/C25H32ClN3O2/c1-15-2-5-19(6-3-15)28-24-23(26)22-9-4-16(10-18(22)13-27-24)14-29-20-7-8-21(29)12-17(11-20)25(30)31/h4,9-10,13,15,17,19-21H,2-3,5-8,11-12,14H2,1H3,(H,27,28)(H,30,31)/t15-,17?,19+,20?,21?. The van der Waals surface area contributed by atoms with Crippen LogP contribution in [0.1, 0.15) is 63.9 Å². The zero-order chi connectivity index (χ0) is 21.5. The molecule has 2 unspecified atom stereocenters. The van der Waals surface area contributed by atoms with Gasteiger partial charge in [-0.1, -0.05) is 30.7 Å². The first-order chi connectivity index (χ1) is 15.0. The van der Waals surface area contributed by atoms with Crippen LogP contribution in [0.4, 0.5) is 5.82 Å².